The van der Waals surface area contributed by atoms with Crippen molar-refractivity contribution in [2.45, 2.75) is 309 Å². The molecule has 0 aliphatic carbocycles. The number of aliphatic hydroxyl groups excluding tert-OH is 2. The van der Waals surface area contributed by atoms with Gasteiger partial charge in [0.1, 0.15) is 6.10 Å². The molecular weight excluding hydrogens is 755 g/mol. The maximum atomic E-state index is 13.2. The topological polar surface area (TPSA) is 95.9 Å². The first kappa shape index (κ1) is 59.3. The summed E-state index contributed by atoms with van der Waals surface area (Å²) in [7, 11) is 0. The number of carbonyl (C=O) groups excluding carboxylic acids is 2. The fourth-order valence-electron chi connectivity index (χ4n) is 8.40. The molecular formula is C55H105NO5. The Labute approximate surface area is 380 Å². The molecule has 0 aliphatic rings. The first-order valence-corrected chi connectivity index (χ1v) is 27.1. The lowest BCUT2D eigenvalue weighted by Crippen LogP contribution is -2.46. The minimum absolute atomic E-state index is 0.0776. The number of rotatable bonds is 49. The first-order valence-electron chi connectivity index (χ1n) is 27.1. The average Bonchev–Trinajstić information content (AvgIpc) is 3.25. The summed E-state index contributed by atoms with van der Waals surface area (Å²) in [5, 5.41) is 23.8. The van der Waals surface area contributed by atoms with E-state index in [-0.39, 0.29) is 24.9 Å². The molecule has 360 valence electrons. The molecule has 3 atom stereocenters. The number of unbranched alkanes of at least 4 members (excludes halogenated alkanes) is 33. The van der Waals surface area contributed by atoms with Crippen LogP contribution in [-0.4, -0.2) is 46.9 Å². The number of hydrogen-bond acceptors (Lipinski definition) is 5. The van der Waals surface area contributed by atoms with Crippen LogP contribution in [0.2, 0.25) is 0 Å². The van der Waals surface area contributed by atoms with Crippen molar-refractivity contribution in [3.63, 3.8) is 0 Å². The highest BCUT2D eigenvalue weighted by molar-refractivity contribution is 5.77. The molecule has 3 unspecified atom stereocenters. The van der Waals surface area contributed by atoms with Gasteiger partial charge in [0.25, 0.3) is 0 Å². The summed E-state index contributed by atoms with van der Waals surface area (Å²) in [5.41, 5.74) is 0. The van der Waals surface area contributed by atoms with Gasteiger partial charge in [-0.15, -0.1) is 0 Å². The summed E-state index contributed by atoms with van der Waals surface area (Å²) in [6, 6.07) is -0.699. The molecule has 0 heterocycles. The predicted octanol–water partition coefficient (Wildman–Crippen LogP) is 16.3. The van der Waals surface area contributed by atoms with Gasteiger partial charge >= 0.3 is 5.97 Å². The van der Waals surface area contributed by atoms with Crippen LogP contribution in [0.5, 0.6) is 0 Å². The number of allylic oxidation sites excluding steroid dienone is 4. The van der Waals surface area contributed by atoms with Crippen LogP contribution in [0, 0.1) is 0 Å². The monoisotopic (exact) mass is 860 g/mol. The molecule has 6 heteroatoms. The van der Waals surface area contributed by atoms with E-state index in [1.54, 1.807) is 0 Å². The first-order chi connectivity index (χ1) is 30.0. The van der Waals surface area contributed by atoms with E-state index in [1.807, 2.05) is 0 Å². The molecule has 0 aromatic carbocycles. The van der Waals surface area contributed by atoms with Gasteiger partial charge in [0.05, 0.1) is 25.2 Å². The van der Waals surface area contributed by atoms with Gasteiger partial charge in [0, 0.05) is 6.42 Å². The molecule has 0 saturated carbocycles. The van der Waals surface area contributed by atoms with E-state index in [9.17, 15) is 19.8 Å². The number of amides is 1. The number of esters is 1. The highest BCUT2D eigenvalue weighted by atomic mass is 16.5. The third kappa shape index (κ3) is 44.7. The number of carbonyl (C=O) groups is 2. The smallest absolute Gasteiger partial charge is 0.306 e. The summed E-state index contributed by atoms with van der Waals surface area (Å²) in [6.07, 6.45) is 56.6. The van der Waals surface area contributed by atoms with Crippen molar-refractivity contribution in [2.75, 3.05) is 6.61 Å². The zero-order valence-corrected chi connectivity index (χ0v) is 41.1. The van der Waals surface area contributed by atoms with Gasteiger partial charge in [-0.3, -0.25) is 9.59 Å². The van der Waals surface area contributed by atoms with Crippen LogP contribution in [0.3, 0.4) is 0 Å². The van der Waals surface area contributed by atoms with Crippen molar-refractivity contribution in [1.29, 1.82) is 0 Å². The van der Waals surface area contributed by atoms with Crippen LogP contribution in [0.1, 0.15) is 290 Å². The molecule has 0 aromatic rings. The Kier molecular flexibility index (Phi) is 48.0. The molecule has 0 bridgehead atoms. The lowest BCUT2D eigenvalue weighted by atomic mass is 10.0. The van der Waals surface area contributed by atoms with Crippen LogP contribution in [0.4, 0.5) is 0 Å². The second kappa shape index (κ2) is 49.4. The molecule has 3 N–H and O–H groups in total. The molecule has 0 spiro atoms. The van der Waals surface area contributed by atoms with Gasteiger partial charge in [0.2, 0.25) is 5.91 Å². The molecule has 0 fully saturated rings. The van der Waals surface area contributed by atoms with E-state index >= 15 is 0 Å². The summed E-state index contributed by atoms with van der Waals surface area (Å²) in [6.45, 7) is 6.47. The fraction of sp³-hybridized carbons (Fsp3) is 0.891. The minimum atomic E-state index is -0.786. The lowest BCUT2D eigenvalue weighted by molar-refractivity contribution is -0.151. The molecule has 1 amide bonds. The highest BCUT2D eigenvalue weighted by Crippen LogP contribution is 2.18. The SMILES string of the molecule is CCCCC/C=C\C/C=C\CCCCCCCCCC(CC(=O)NC(CO)C(O)CCCCCCCCCCCCCCCC)OC(=O)CCCCCCCCCCCCC. The minimum Gasteiger partial charge on any atom is -0.462 e. The van der Waals surface area contributed by atoms with Crippen molar-refractivity contribution in [3.05, 3.63) is 24.3 Å². The van der Waals surface area contributed by atoms with E-state index in [0.29, 0.717) is 19.3 Å². The number of ether oxygens (including phenoxy) is 1. The van der Waals surface area contributed by atoms with Crippen LogP contribution in [0.25, 0.3) is 0 Å². The second-order valence-electron chi connectivity index (χ2n) is 18.6. The van der Waals surface area contributed by atoms with Crippen molar-refractivity contribution >= 4 is 11.9 Å². The Bertz CT molecular complexity index is 966. The van der Waals surface area contributed by atoms with E-state index in [1.165, 1.54) is 180 Å². The van der Waals surface area contributed by atoms with Crippen LogP contribution < -0.4 is 5.32 Å². The maximum absolute atomic E-state index is 13.2. The van der Waals surface area contributed by atoms with Crippen LogP contribution in [0.15, 0.2) is 24.3 Å². The van der Waals surface area contributed by atoms with Gasteiger partial charge in [-0.25, -0.2) is 0 Å². The van der Waals surface area contributed by atoms with Crippen molar-refractivity contribution in [1.82, 2.24) is 5.32 Å². The van der Waals surface area contributed by atoms with Gasteiger partial charge in [0.15, 0.2) is 0 Å². The summed E-state index contributed by atoms with van der Waals surface area (Å²) < 4.78 is 5.94. The van der Waals surface area contributed by atoms with Gasteiger partial charge < -0.3 is 20.3 Å². The highest BCUT2D eigenvalue weighted by Gasteiger charge is 2.24. The molecule has 0 saturated heterocycles. The van der Waals surface area contributed by atoms with Crippen molar-refractivity contribution < 1.29 is 24.5 Å². The molecule has 0 aromatic heterocycles. The average molecular weight is 860 g/mol. The standard InChI is InChI=1S/C55H105NO5/c1-4-7-10-13-16-19-22-24-26-27-28-29-32-34-37-40-43-46-51(61-55(60)48-45-42-39-36-31-21-18-15-12-9-6-3)49-54(59)56-52(50-57)53(58)47-44-41-38-35-33-30-25-23-20-17-14-11-8-5-2/h16,19,24,26,51-53,57-58H,4-15,17-18,20-23,25,27-50H2,1-3H3,(H,56,59)/b19-16-,26-24-. The zero-order chi connectivity index (χ0) is 44.5. The van der Waals surface area contributed by atoms with Crippen molar-refractivity contribution in [3.8, 4) is 0 Å². The molecule has 0 aliphatic heterocycles. The van der Waals surface area contributed by atoms with Gasteiger partial charge in [-0.05, 0) is 57.8 Å². The van der Waals surface area contributed by atoms with E-state index in [4.69, 9.17) is 4.74 Å². The second-order valence-corrected chi connectivity index (χ2v) is 18.6. The largest absolute Gasteiger partial charge is 0.462 e. The van der Waals surface area contributed by atoms with Gasteiger partial charge in [-0.2, -0.15) is 0 Å². The third-order valence-electron chi connectivity index (χ3n) is 12.5. The molecule has 6 nitrogen and oxygen atoms in total. The Morgan fingerprint density at radius 1 is 0.475 bits per heavy atom. The predicted molar refractivity (Wildman–Crippen MR) is 264 cm³/mol. The Hall–Kier alpha value is -1.66. The quantitative estimate of drug-likeness (QED) is 0.0322. The number of aliphatic hydroxyl groups is 2. The summed E-state index contributed by atoms with van der Waals surface area (Å²) in [4.78, 5) is 26.2. The van der Waals surface area contributed by atoms with E-state index in [0.717, 1.165) is 64.2 Å². The fourth-order valence-corrected chi connectivity index (χ4v) is 8.40. The summed E-state index contributed by atoms with van der Waals surface area (Å²) in [5.74, 6) is -0.467. The Morgan fingerprint density at radius 2 is 0.836 bits per heavy atom. The van der Waals surface area contributed by atoms with Crippen LogP contribution >= 0.6 is 0 Å². The zero-order valence-electron chi connectivity index (χ0n) is 41.1. The third-order valence-corrected chi connectivity index (χ3v) is 12.5. The van der Waals surface area contributed by atoms with Gasteiger partial charge in [-0.1, -0.05) is 244 Å². The number of hydrogen-bond donors (Lipinski definition) is 3. The maximum Gasteiger partial charge on any atom is 0.306 e. The summed E-state index contributed by atoms with van der Waals surface area (Å²) >= 11 is 0. The molecule has 0 rings (SSSR count). The Balaban J connectivity index is 4.54. The molecule has 0 radical (unpaired) electrons. The Morgan fingerprint density at radius 3 is 1.28 bits per heavy atom. The molecule has 61 heavy (non-hydrogen) atoms. The normalized spacial score (nSPS) is 13.3. The van der Waals surface area contributed by atoms with Crippen molar-refractivity contribution in [2.24, 2.45) is 0 Å². The van der Waals surface area contributed by atoms with Crippen LogP contribution in [-0.2, 0) is 14.3 Å². The number of nitrogens with one attached hydrogen (secondary N) is 1. The lowest BCUT2D eigenvalue weighted by Gasteiger charge is -2.24. The van der Waals surface area contributed by atoms with E-state index in [2.05, 4.69) is 50.4 Å². The van der Waals surface area contributed by atoms with E-state index < -0.39 is 18.2 Å².